The van der Waals surface area contributed by atoms with Crippen molar-refractivity contribution < 1.29 is 14.3 Å². The van der Waals surface area contributed by atoms with E-state index in [-0.39, 0.29) is 41.8 Å². The first-order chi connectivity index (χ1) is 13.5. The van der Waals surface area contributed by atoms with Gasteiger partial charge in [0.25, 0.3) is 0 Å². The Hall–Kier alpha value is -1.26. The van der Waals surface area contributed by atoms with Crippen LogP contribution in [-0.4, -0.2) is 67.7 Å². The Morgan fingerprint density at radius 2 is 1.77 bits per heavy atom. The van der Waals surface area contributed by atoms with Crippen LogP contribution in [0.15, 0.2) is 4.99 Å². The molecule has 30 heavy (non-hydrogen) atoms. The molecule has 0 spiro atoms. The minimum absolute atomic E-state index is 0. The molecule has 3 N–H and O–H groups in total. The fourth-order valence-corrected chi connectivity index (χ4v) is 2.56. The van der Waals surface area contributed by atoms with Gasteiger partial charge in [-0.25, -0.2) is 4.79 Å². The Labute approximate surface area is 200 Å². The number of nitrogens with one attached hydrogen (secondary N) is 3. The number of halogens is 1. The molecule has 1 atom stereocenters. The third-order valence-electron chi connectivity index (χ3n) is 4.15. The van der Waals surface area contributed by atoms with Crippen LogP contribution < -0.4 is 16.0 Å². The molecule has 0 heterocycles. The fourth-order valence-electron chi connectivity index (χ4n) is 2.56. The summed E-state index contributed by atoms with van der Waals surface area (Å²) in [6.07, 6.45) is 1.67. The molecular weight excluding hydrogens is 497 g/mol. The molecule has 0 saturated heterocycles. The number of ether oxygens (including phenoxy) is 1. The maximum Gasteiger partial charge on any atom is 0.407 e. The molecule has 0 saturated carbocycles. The number of hydrogen-bond donors (Lipinski definition) is 3. The second-order valence-electron chi connectivity index (χ2n) is 8.54. The minimum Gasteiger partial charge on any atom is -0.444 e. The Bertz CT molecular complexity index is 521. The van der Waals surface area contributed by atoms with E-state index in [0.717, 1.165) is 25.3 Å². The Kier molecular flexibility index (Phi) is 16.9. The quantitative estimate of drug-likeness (QED) is 0.212. The summed E-state index contributed by atoms with van der Waals surface area (Å²) in [6.45, 7) is 16.4. The molecule has 1 unspecified atom stereocenters. The fraction of sp³-hybridized carbons (Fsp3) is 0.857. The molecule has 0 radical (unpaired) electrons. The summed E-state index contributed by atoms with van der Waals surface area (Å²) in [4.78, 5) is 30.4. The summed E-state index contributed by atoms with van der Waals surface area (Å²) in [7, 11) is 1.96. The highest BCUT2D eigenvalue weighted by Crippen LogP contribution is 2.11. The topological polar surface area (TPSA) is 95.1 Å². The van der Waals surface area contributed by atoms with E-state index >= 15 is 0 Å². The van der Waals surface area contributed by atoms with Crippen molar-refractivity contribution in [1.82, 2.24) is 20.9 Å². The van der Waals surface area contributed by atoms with Crippen molar-refractivity contribution in [3.05, 3.63) is 0 Å². The van der Waals surface area contributed by atoms with Crippen molar-refractivity contribution in [3.63, 3.8) is 0 Å². The molecule has 0 aliphatic heterocycles. The maximum atomic E-state index is 12.1. The van der Waals surface area contributed by atoms with Crippen molar-refractivity contribution in [3.8, 4) is 0 Å². The molecule has 178 valence electrons. The Morgan fingerprint density at radius 1 is 1.13 bits per heavy atom. The highest BCUT2D eigenvalue weighted by Gasteiger charge is 2.22. The number of alkyl carbamates (subject to hydrolysis) is 1. The minimum atomic E-state index is -0.517. The molecule has 0 aliphatic carbocycles. The molecule has 9 heteroatoms. The van der Waals surface area contributed by atoms with Crippen molar-refractivity contribution in [1.29, 1.82) is 0 Å². The zero-order chi connectivity index (χ0) is 22.4. The summed E-state index contributed by atoms with van der Waals surface area (Å²) >= 11 is 0. The van der Waals surface area contributed by atoms with Crippen molar-refractivity contribution in [2.24, 2.45) is 10.9 Å². The summed E-state index contributed by atoms with van der Waals surface area (Å²) in [6, 6.07) is -0.00463. The van der Waals surface area contributed by atoms with E-state index in [9.17, 15) is 9.59 Å². The van der Waals surface area contributed by atoms with Crippen molar-refractivity contribution in [2.45, 2.75) is 79.4 Å². The average molecular weight is 542 g/mol. The van der Waals surface area contributed by atoms with Crippen molar-refractivity contribution >= 4 is 41.9 Å². The first-order valence-corrected chi connectivity index (χ1v) is 10.8. The normalized spacial score (nSPS) is 12.6. The van der Waals surface area contributed by atoms with E-state index < -0.39 is 11.7 Å². The zero-order valence-corrected chi connectivity index (χ0v) is 22.5. The number of carbonyl (C=O) groups excluding carboxylic acids is 2. The average Bonchev–Trinajstić information content (AvgIpc) is 2.60. The van der Waals surface area contributed by atoms with Crippen LogP contribution in [-0.2, 0) is 9.53 Å². The third kappa shape index (κ3) is 15.6. The van der Waals surface area contributed by atoms with Gasteiger partial charge in [-0.3, -0.25) is 9.79 Å². The highest BCUT2D eigenvalue weighted by molar-refractivity contribution is 14.0. The number of carbonyl (C=O) groups is 2. The van der Waals surface area contributed by atoms with Crippen molar-refractivity contribution in [2.75, 3.05) is 33.2 Å². The highest BCUT2D eigenvalue weighted by atomic mass is 127. The van der Waals surface area contributed by atoms with E-state index in [1.165, 1.54) is 0 Å². The van der Waals surface area contributed by atoms with Crippen LogP contribution in [0.1, 0.15) is 67.7 Å². The predicted octanol–water partition coefficient (Wildman–Crippen LogP) is 3.36. The van der Waals surface area contributed by atoms with E-state index in [1.807, 2.05) is 46.6 Å². The molecule has 0 rings (SSSR count). The second kappa shape index (κ2) is 16.4. The van der Waals surface area contributed by atoms with Crippen LogP contribution in [0.4, 0.5) is 4.79 Å². The van der Waals surface area contributed by atoms with Gasteiger partial charge < -0.3 is 25.6 Å². The van der Waals surface area contributed by atoms with Crippen LogP contribution in [0.3, 0.4) is 0 Å². The second-order valence-corrected chi connectivity index (χ2v) is 8.54. The summed E-state index contributed by atoms with van der Waals surface area (Å²) in [5.74, 6) is 1.06. The van der Waals surface area contributed by atoms with Crippen LogP contribution in [0.25, 0.3) is 0 Å². The van der Waals surface area contributed by atoms with Crippen LogP contribution in [0, 0.1) is 5.92 Å². The summed E-state index contributed by atoms with van der Waals surface area (Å²) in [5, 5.41) is 9.09. The lowest BCUT2D eigenvalue weighted by Gasteiger charge is -2.28. The van der Waals surface area contributed by atoms with Gasteiger partial charge in [0.1, 0.15) is 5.60 Å². The molecule has 0 aromatic rings. The molecule has 2 amide bonds. The molecule has 0 aliphatic rings. The standard InChI is InChI=1S/C21H43N5O3.HI/c1-9-13-23-18(27)11-14-24-19(22-10-2)26(8)15-12-17(16(3)4)25-20(28)29-21(5,6)7;/h16-17H,9-15H2,1-8H3,(H,22,24)(H,23,27)(H,25,28);1H. The Balaban J connectivity index is 0. The number of nitrogens with zero attached hydrogens (tertiary/aromatic N) is 2. The molecular formula is C21H44IN5O3. The lowest BCUT2D eigenvalue weighted by Crippen LogP contribution is -2.45. The molecule has 0 aromatic heterocycles. The summed E-state index contributed by atoms with van der Waals surface area (Å²) < 4.78 is 5.38. The SMILES string of the molecule is CCCNC(=O)CCN=C(NCC)N(C)CCC(NC(=O)OC(C)(C)C)C(C)C.I. The van der Waals surface area contributed by atoms with Crippen LogP contribution >= 0.6 is 24.0 Å². The van der Waals surface area contributed by atoms with E-state index in [1.54, 1.807) is 0 Å². The molecule has 8 nitrogen and oxygen atoms in total. The van der Waals surface area contributed by atoms with Crippen LogP contribution in [0.5, 0.6) is 0 Å². The maximum absolute atomic E-state index is 12.1. The smallest absolute Gasteiger partial charge is 0.407 e. The van der Waals surface area contributed by atoms with E-state index in [0.29, 0.717) is 26.1 Å². The van der Waals surface area contributed by atoms with Gasteiger partial charge in [-0.05, 0) is 46.5 Å². The van der Waals surface area contributed by atoms with Crippen LogP contribution in [0.2, 0.25) is 0 Å². The largest absolute Gasteiger partial charge is 0.444 e. The predicted molar refractivity (Wildman–Crippen MR) is 135 cm³/mol. The number of rotatable bonds is 11. The van der Waals surface area contributed by atoms with E-state index in [4.69, 9.17) is 4.74 Å². The van der Waals surface area contributed by atoms with Gasteiger partial charge in [0, 0.05) is 39.1 Å². The molecule has 0 aromatic carbocycles. The third-order valence-corrected chi connectivity index (χ3v) is 4.15. The number of aliphatic imine (C=N–C) groups is 1. The lowest BCUT2D eigenvalue weighted by molar-refractivity contribution is -0.120. The van der Waals surface area contributed by atoms with Gasteiger partial charge >= 0.3 is 6.09 Å². The number of hydrogen-bond acceptors (Lipinski definition) is 4. The van der Waals surface area contributed by atoms with Gasteiger partial charge in [-0.2, -0.15) is 0 Å². The molecule has 0 bridgehead atoms. The number of amides is 2. The van der Waals surface area contributed by atoms with Gasteiger partial charge in [-0.1, -0.05) is 20.8 Å². The number of guanidine groups is 1. The first kappa shape index (κ1) is 30.9. The van der Waals surface area contributed by atoms with Gasteiger partial charge in [-0.15, -0.1) is 24.0 Å². The first-order valence-electron chi connectivity index (χ1n) is 10.8. The molecule has 0 fully saturated rings. The Morgan fingerprint density at radius 3 is 2.27 bits per heavy atom. The van der Waals surface area contributed by atoms with Gasteiger partial charge in [0.05, 0.1) is 6.54 Å². The lowest BCUT2D eigenvalue weighted by atomic mass is 10.0. The zero-order valence-electron chi connectivity index (χ0n) is 20.1. The van der Waals surface area contributed by atoms with E-state index in [2.05, 4.69) is 34.8 Å². The monoisotopic (exact) mass is 541 g/mol. The summed E-state index contributed by atoms with van der Waals surface area (Å²) in [5.41, 5.74) is -0.517. The van der Waals surface area contributed by atoms with Gasteiger partial charge in [0.2, 0.25) is 5.91 Å². The van der Waals surface area contributed by atoms with Gasteiger partial charge in [0.15, 0.2) is 5.96 Å².